The fraction of sp³-hybridized carbons (Fsp3) is 0.684. The van der Waals surface area contributed by atoms with Crippen LogP contribution in [0, 0.1) is 12.8 Å². The molecule has 0 aliphatic carbocycles. The molecule has 1 N–H and O–H groups in total. The number of ether oxygens (including phenoxy) is 1. The van der Waals surface area contributed by atoms with Gasteiger partial charge in [0.25, 0.3) is 0 Å². The Morgan fingerprint density at radius 3 is 2.57 bits per heavy atom. The highest BCUT2D eigenvalue weighted by molar-refractivity contribution is 5.26. The van der Waals surface area contributed by atoms with Crippen molar-refractivity contribution in [2.75, 3.05) is 19.8 Å². The Balaban J connectivity index is 2.05. The van der Waals surface area contributed by atoms with Gasteiger partial charge in [0.15, 0.2) is 0 Å². The van der Waals surface area contributed by atoms with Crippen molar-refractivity contribution >= 4 is 0 Å². The van der Waals surface area contributed by atoms with Crippen LogP contribution in [-0.2, 0) is 4.74 Å². The minimum atomic E-state index is 0.178. The third-order valence-corrected chi connectivity index (χ3v) is 4.35. The molecule has 1 aliphatic heterocycles. The van der Waals surface area contributed by atoms with Crippen LogP contribution >= 0.6 is 0 Å². The van der Waals surface area contributed by atoms with Gasteiger partial charge in [0, 0.05) is 25.3 Å². The molecule has 21 heavy (non-hydrogen) atoms. The van der Waals surface area contributed by atoms with Crippen molar-refractivity contribution in [2.45, 2.75) is 58.4 Å². The second kappa shape index (κ2) is 7.42. The van der Waals surface area contributed by atoms with Crippen LogP contribution in [-0.4, -0.2) is 25.3 Å². The molecule has 0 bridgehead atoms. The van der Waals surface area contributed by atoms with Crippen LogP contribution in [0.4, 0.5) is 0 Å². The standard InChI is InChI=1S/C19H31NO/c1-15-6-5-7-17(12-15)18(14-20-19(2,3)4)13-16-8-10-21-11-9-16/h5-7,12,16,18,20H,8-11,13-14H2,1-4H3. The van der Waals surface area contributed by atoms with E-state index in [1.165, 1.54) is 30.4 Å². The molecule has 0 spiro atoms. The first-order valence-electron chi connectivity index (χ1n) is 8.33. The zero-order chi connectivity index (χ0) is 15.3. The van der Waals surface area contributed by atoms with E-state index in [0.29, 0.717) is 5.92 Å². The van der Waals surface area contributed by atoms with Gasteiger partial charge in [-0.2, -0.15) is 0 Å². The largest absolute Gasteiger partial charge is 0.381 e. The molecule has 1 aromatic carbocycles. The number of rotatable bonds is 5. The third kappa shape index (κ3) is 5.80. The first-order valence-corrected chi connectivity index (χ1v) is 8.33. The summed E-state index contributed by atoms with van der Waals surface area (Å²) in [6.45, 7) is 11.9. The van der Waals surface area contributed by atoms with Crippen molar-refractivity contribution in [1.29, 1.82) is 0 Å². The van der Waals surface area contributed by atoms with Gasteiger partial charge in [-0.15, -0.1) is 0 Å². The van der Waals surface area contributed by atoms with E-state index in [0.717, 1.165) is 25.7 Å². The smallest absolute Gasteiger partial charge is 0.0468 e. The van der Waals surface area contributed by atoms with Crippen LogP contribution < -0.4 is 5.32 Å². The molecular weight excluding hydrogens is 258 g/mol. The van der Waals surface area contributed by atoms with Crippen LogP contribution in [0.2, 0.25) is 0 Å². The molecule has 1 saturated heterocycles. The van der Waals surface area contributed by atoms with Crippen molar-refractivity contribution in [3.8, 4) is 0 Å². The average molecular weight is 289 g/mol. The lowest BCUT2D eigenvalue weighted by atomic mass is 9.84. The van der Waals surface area contributed by atoms with Crippen LogP contribution in [0.15, 0.2) is 24.3 Å². The molecule has 1 atom stereocenters. The van der Waals surface area contributed by atoms with E-state index in [2.05, 4.69) is 57.3 Å². The van der Waals surface area contributed by atoms with Gasteiger partial charge in [-0.3, -0.25) is 0 Å². The SMILES string of the molecule is Cc1cccc(C(CNC(C)(C)C)CC2CCOCC2)c1. The summed E-state index contributed by atoms with van der Waals surface area (Å²) in [7, 11) is 0. The van der Waals surface area contributed by atoms with Crippen molar-refractivity contribution < 1.29 is 4.74 Å². The molecule has 1 fully saturated rings. The van der Waals surface area contributed by atoms with Gasteiger partial charge in [-0.25, -0.2) is 0 Å². The normalized spacial score (nSPS) is 18.7. The zero-order valence-electron chi connectivity index (χ0n) is 14.1. The second-order valence-corrected chi connectivity index (χ2v) is 7.53. The lowest BCUT2D eigenvalue weighted by Gasteiger charge is -2.30. The Hall–Kier alpha value is -0.860. The molecule has 1 aliphatic rings. The van der Waals surface area contributed by atoms with Gasteiger partial charge in [0.1, 0.15) is 0 Å². The van der Waals surface area contributed by atoms with E-state index in [4.69, 9.17) is 4.74 Å². The van der Waals surface area contributed by atoms with Crippen LogP contribution in [0.3, 0.4) is 0 Å². The molecule has 2 heteroatoms. The van der Waals surface area contributed by atoms with E-state index in [9.17, 15) is 0 Å². The van der Waals surface area contributed by atoms with Gasteiger partial charge in [-0.05, 0) is 64.4 Å². The summed E-state index contributed by atoms with van der Waals surface area (Å²) in [4.78, 5) is 0. The van der Waals surface area contributed by atoms with Crippen molar-refractivity contribution in [3.05, 3.63) is 35.4 Å². The molecule has 0 aromatic heterocycles. The Morgan fingerprint density at radius 2 is 1.95 bits per heavy atom. The van der Waals surface area contributed by atoms with Crippen LogP contribution in [0.5, 0.6) is 0 Å². The number of aryl methyl sites for hydroxylation is 1. The summed E-state index contributed by atoms with van der Waals surface area (Å²) in [5.74, 6) is 1.42. The highest BCUT2D eigenvalue weighted by Gasteiger charge is 2.22. The van der Waals surface area contributed by atoms with E-state index in [1.54, 1.807) is 0 Å². The highest BCUT2D eigenvalue weighted by Crippen LogP contribution is 2.29. The maximum atomic E-state index is 5.50. The van der Waals surface area contributed by atoms with E-state index < -0.39 is 0 Å². The summed E-state index contributed by atoms with van der Waals surface area (Å²) >= 11 is 0. The van der Waals surface area contributed by atoms with Gasteiger partial charge in [0.2, 0.25) is 0 Å². The summed E-state index contributed by atoms with van der Waals surface area (Å²) in [5, 5.41) is 3.70. The Morgan fingerprint density at radius 1 is 1.24 bits per heavy atom. The molecule has 118 valence electrons. The fourth-order valence-corrected chi connectivity index (χ4v) is 3.08. The molecular formula is C19H31NO. The third-order valence-electron chi connectivity index (χ3n) is 4.35. The maximum absolute atomic E-state index is 5.50. The van der Waals surface area contributed by atoms with Gasteiger partial charge in [0.05, 0.1) is 0 Å². The topological polar surface area (TPSA) is 21.3 Å². The molecule has 2 rings (SSSR count). The predicted octanol–water partition coefficient (Wildman–Crippen LogP) is 4.28. The summed E-state index contributed by atoms with van der Waals surface area (Å²) in [6, 6.07) is 9.03. The highest BCUT2D eigenvalue weighted by atomic mass is 16.5. The van der Waals surface area contributed by atoms with Crippen LogP contribution in [0.1, 0.15) is 57.1 Å². The molecule has 1 heterocycles. The van der Waals surface area contributed by atoms with E-state index in [1.807, 2.05) is 0 Å². The Labute approximate surface area is 130 Å². The summed E-state index contributed by atoms with van der Waals surface area (Å²) in [5.41, 5.74) is 3.02. The average Bonchev–Trinajstić information content (AvgIpc) is 2.43. The lowest BCUT2D eigenvalue weighted by Crippen LogP contribution is -2.39. The first-order chi connectivity index (χ1) is 9.94. The number of benzene rings is 1. The molecule has 0 saturated carbocycles. The number of hydrogen-bond donors (Lipinski definition) is 1. The predicted molar refractivity (Wildman–Crippen MR) is 89.8 cm³/mol. The number of nitrogens with one attached hydrogen (secondary N) is 1. The fourth-order valence-electron chi connectivity index (χ4n) is 3.08. The second-order valence-electron chi connectivity index (χ2n) is 7.53. The molecule has 1 unspecified atom stereocenters. The Bertz CT molecular complexity index is 429. The van der Waals surface area contributed by atoms with Crippen molar-refractivity contribution in [3.63, 3.8) is 0 Å². The number of hydrogen-bond acceptors (Lipinski definition) is 2. The minimum Gasteiger partial charge on any atom is -0.381 e. The summed E-state index contributed by atoms with van der Waals surface area (Å²) < 4.78 is 5.50. The van der Waals surface area contributed by atoms with Crippen LogP contribution in [0.25, 0.3) is 0 Å². The first kappa shape index (κ1) is 16.5. The lowest BCUT2D eigenvalue weighted by molar-refractivity contribution is 0.0614. The van der Waals surface area contributed by atoms with Crippen molar-refractivity contribution in [2.24, 2.45) is 5.92 Å². The van der Waals surface area contributed by atoms with E-state index >= 15 is 0 Å². The molecule has 2 nitrogen and oxygen atoms in total. The molecule has 0 amide bonds. The van der Waals surface area contributed by atoms with Crippen molar-refractivity contribution in [1.82, 2.24) is 5.32 Å². The zero-order valence-corrected chi connectivity index (χ0v) is 14.1. The van der Waals surface area contributed by atoms with Gasteiger partial charge in [-0.1, -0.05) is 29.8 Å². The molecule has 1 aromatic rings. The summed E-state index contributed by atoms with van der Waals surface area (Å²) in [6.07, 6.45) is 3.71. The minimum absolute atomic E-state index is 0.178. The van der Waals surface area contributed by atoms with E-state index in [-0.39, 0.29) is 5.54 Å². The monoisotopic (exact) mass is 289 g/mol. The van der Waals surface area contributed by atoms with Gasteiger partial charge >= 0.3 is 0 Å². The molecule has 0 radical (unpaired) electrons. The maximum Gasteiger partial charge on any atom is 0.0468 e. The Kier molecular flexibility index (Phi) is 5.83. The van der Waals surface area contributed by atoms with Gasteiger partial charge < -0.3 is 10.1 Å². The quantitative estimate of drug-likeness (QED) is 0.873.